The molecular formula is C46H62N4O4Si. The molecule has 4 aromatic rings. The summed E-state index contributed by atoms with van der Waals surface area (Å²) in [6, 6.07) is 38.1. The number of hydrogen-bond donors (Lipinski definition) is 4. The Bertz CT molecular complexity index is 1680. The van der Waals surface area contributed by atoms with Crippen LogP contribution in [0.15, 0.2) is 109 Å². The normalized spacial score (nSPS) is 16.3. The molecule has 1 aliphatic heterocycles. The Morgan fingerprint density at radius 2 is 1.40 bits per heavy atom. The van der Waals surface area contributed by atoms with Crippen LogP contribution in [-0.2, 0) is 6.42 Å². The molecule has 1 saturated heterocycles. The Kier molecular flexibility index (Phi) is 14.3. The maximum absolute atomic E-state index is 12.7. The molecule has 4 aromatic carbocycles. The molecule has 1 saturated carbocycles. The highest BCUT2D eigenvalue weighted by Crippen LogP contribution is 2.38. The van der Waals surface area contributed by atoms with Crippen LogP contribution in [0.2, 0.25) is 5.04 Å². The third-order valence-corrected chi connectivity index (χ3v) is 16.2. The molecule has 1 atom stereocenters. The first-order chi connectivity index (χ1) is 26.7. The number of carbonyl (C=O) groups is 1. The fourth-order valence-electron chi connectivity index (χ4n) is 8.15. The zero-order chi connectivity index (χ0) is 38.5. The molecular weight excluding hydrogens is 701 g/mol. The van der Waals surface area contributed by atoms with Gasteiger partial charge in [0.1, 0.15) is 24.2 Å². The molecule has 0 aromatic heterocycles. The van der Waals surface area contributed by atoms with Crippen LogP contribution in [-0.4, -0.2) is 75.8 Å². The number of benzene rings is 4. The number of amides is 2. The molecule has 1 heterocycles. The average molecular weight is 763 g/mol. The number of aliphatic hydroxyl groups excluding tert-OH is 1. The van der Waals surface area contributed by atoms with Gasteiger partial charge in [-0.15, -0.1) is 0 Å². The van der Waals surface area contributed by atoms with Crippen molar-refractivity contribution in [3.05, 3.63) is 115 Å². The largest absolute Gasteiger partial charge is 0.534 e. The van der Waals surface area contributed by atoms with Crippen LogP contribution < -0.4 is 35.5 Å². The van der Waals surface area contributed by atoms with E-state index in [1.807, 2.05) is 29.2 Å². The molecule has 1 aliphatic carbocycles. The van der Waals surface area contributed by atoms with E-state index in [1.54, 1.807) is 0 Å². The number of hydrogen-bond acceptors (Lipinski definition) is 6. The highest BCUT2D eigenvalue weighted by atomic mass is 28.4. The monoisotopic (exact) mass is 762 g/mol. The van der Waals surface area contributed by atoms with E-state index in [4.69, 9.17) is 9.16 Å². The summed E-state index contributed by atoms with van der Waals surface area (Å²) in [7, 11) is -2.72. The van der Waals surface area contributed by atoms with E-state index in [2.05, 4.69) is 122 Å². The minimum Gasteiger partial charge on any atom is -0.534 e. The fraction of sp³-hybridized carbons (Fsp3) is 0.457. The molecule has 8 nitrogen and oxygen atoms in total. The van der Waals surface area contributed by atoms with Crippen molar-refractivity contribution in [2.24, 2.45) is 5.92 Å². The molecule has 55 heavy (non-hydrogen) atoms. The number of aliphatic hydroxyl groups is 1. The van der Waals surface area contributed by atoms with Crippen molar-refractivity contribution in [1.82, 2.24) is 15.5 Å². The molecule has 9 heteroatoms. The molecule has 294 valence electrons. The molecule has 0 spiro atoms. The van der Waals surface area contributed by atoms with Crippen LogP contribution in [0.1, 0.15) is 71.3 Å². The van der Waals surface area contributed by atoms with Crippen LogP contribution in [0, 0.1) is 5.92 Å². The number of carbonyl (C=O) groups excluding carboxylic acids is 1. The molecule has 6 rings (SSSR count). The summed E-state index contributed by atoms with van der Waals surface area (Å²) in [6.45, 7) is 10.6. The maximum Gasteiger partial charge on any atom is 0.319 e. The zero-order valence-corrected chi connectivity index (χ0v) is 34.1. The SMILES string of the molecule is CC(C)(C)[Si](Oc1ccc(OC[C@@H](O)CNCCc2ccc(NC3CCN(C(=O)NCC4CCCCC4)CC3)cc2)cc1)(c1ccccc1)c1ccccc1. The van der Waals surface area contributed by atoms with Crippen molar-refractivity contribution in [3.8, 4) is 11.5 Å². The number of urea groups is 1. The van der Waals surface area contributed by atoms with E-state index in [0.29, 0.717) is 24.3 Å². The van der Waals surface area contributed by atoms with Gasteiger partial charge in [-0.1, -0.05) is 113 Å². The number of rotatable bonds is 16. The van der Waals surface area contributed by atoms with Crippen LogP contribution in [0.3, 0.4) is 0 Å². The van der Waals surface area contributed by atoms with Gasteiger partial charge in [0.05, 0.1) is 0 Å². The van der Waals surface area contributed by atoms with Gasteiger partial charge in [0.25, 0.3) is 0 Å². The summed E-state index contributed by atoms with van der Waals surface area (Å²) in [6.07, 6.45) is 8.60. The predicted octanol–water partition coefficient (Wildman–Crippen LogP) is 7.36. The first-order valence-corrected chi connectivity index (χ1v) is 22.4. The lowest BCUT2D eigenvalue weighted by molar-refractivity contribution is 0.106. The molecule has 4 N–H and O–H groups in total. The summed E-state index contributed by atoms with van der Waals surface area (Å²) in [4.78, 5) is 14.7. The number of piperidine rings is 1. The van der Waals surface area contributed by atoms with Crippen molar-refractivity contribution < 1.29 is 19.1 Å². The van der Waals surface area contributed by atoms with E-state index < -0.39 is 14.4 Å². The zero-order valence-electron chi connectivity index (χ0n) is 33.1. The number of nitrogens with one attached hydrogen (secondary N) is 3. The van der Waals surface area contributed by atoms with E-state index in [1.165, 1.54) is 48.0 Å². The van der Waals surface area contributed by atoms with Crippen LogP contribution in [0.25, 0.3) is 0 Å². The number of ether oxygens (including phenoxy) is 1. The smallest absolute Gasteiger partial charge is 0.319 e. The molecule has 2 fully saturated rings. The summed E-state index contributed by atoms with van der Waals surface area (Å²) in [5, 5.41) is 23.2. The Morgan fingerprint density at radius 3 is 2.00 bits per heavy atom. The summed E-state index contributed by atoms with van der Waals surface area (Å²) in [5.41, 5.74) is 2.36. The van der Waals surface area contributed by atoms with Gasteiger partial charge in [-0.3, -0.25) is 0 Å². The van der Waals surface area contributed by atoms with Crippen LogP contribution >= 0.6 is 0 Å². The minimum absolute atomic E-state index is 0.102. The minimum atomic E-state index is -2.72. The van der Waals surface area contributed by atoms with Crippen molar-refractivity contribution >= 4 is 30.4 Å². The average Bonchev–Trinajstić information content (AvgIpc) is 3.21. The Hall–Kier alpha value is -4.31. The third-order valence-electron chi connectivity index (χ3n) is 11.3. The second kappa shape index (κ2) is 19.5. The van der Waals surface area contributed by atoms with Gasteiger partial charge in [0.15, 0.2) is 0 Å². The van der Waals surface area contributed by atoms with Crippen LogP contribution in [0.4, 0.5) is 10.5 Å². The van der Waals surface area contributed by atoms with Gasteiger partial charge in [-0.2, -0.15) is 0 Å². The lowest BCUT2D eigenvalue weighted by atomic mass is 9.89. The van der Waals surface area contributed by atoms with Crippen molar-refractivity contribution in [2.45, 2.75) is 89.3 Å². The van der Waals surface area contributed by atoms with Crippen molar-refractivity contribution in [3.63, 3.8) is 0 Å². The third kappa shape index (κ3) is 11.1. The second-order valence-electron chi connectivity index (χ2n) is 16.4. The van der Waals surface area contributed by atoms with Gasteiger partial charge in [0, 0.05) is 37.9 Å². The Labute approximate surface area is 330 Å². The second-order valence-corrected chi connectivity index (χ2v) is 20.7. The van der Waals surface area contributed by atoms with Crippen LogP contribution in [0.5, 0.6) is 11.5 Å². The predicted molar refractivity (Wildman–Crippen MR) is 227 cm³/mol. The molecule has 0 radical (unpaired) electrons. The number of nitrogens with zero attached hydrogens (tertiary/aromatic N) is 1. The number of likely N-dealkylation sites (tertiary alicyclic amines) is 1. The van der Waals surface area contributed by atoms with Crippen molar-refractivity contribution in [2.75, 3.05) is 44.6 Å². The Morgan fingerprint density at radius 1 is 0.800 bits per heavy atom. The standard InChI is InChI=1S/C46H62N4O4Si/c1-46(2,3)55(43-15-9-5-10-16-43,44-17-11-6-12-18-44)54-42-25-23-41(24-26-42)53-35-40(51)34-47-30-27-36-19-21-38(22-20-36)49-39-28-31-50(32-29-39)45(52)48-33-37-13-7-4-8-14-37/h5-6,9-12,15-26,37,39-40,47,49,51H,4,7-8,13-14,27-35H2,1-3H3,(H,48,52)/t40-/m0/s1. The summed E-state index contributed by atoms with van der Waals surface area (Å²) >= 11 is 0. The topological polar surface area (TPSA) is 95.1 Å². The molecule has 0 unspecified atom stereocenters. The first-order valence-electron chi connectivity index (χ1n) is 20.5. The summed E-state index contributed by atoms with van der Waals surface area (Å²) < 4.78 is 13.1. The number of anilines is 1. The molecule has 0 bridgehead atoms. The van der Waals surface area contributed by atoms with Gasteiger partial charge < -0.3 is 35.1 Å². The summed E-state index contributed by atoms with van der Waals surface area (Å²) in [5.74, 6) is 2.16. The van der Waals surface area contributed by atoms with Gasteiger partial charge in [-0.05, 0) is 102 Å². The Balaban J connectivity index is 0.890. The lowest BCUT2D eigenvalue weighted by Crippen LogP contribution is -2.68. The van der Waals surface area contributed by atoms with E-state index in [9.17, 15) is 9.90 Å². The highest BCUT2D eigenvalue weighted by Gasteiger charge is 2.52. The van der Waals surface area contributed by atoms with Gasteiger partial charge >= 0.3 is 14.3 Å². The highest BCUT2D eigenvalue weighted by molar-refractivity contribution is 7.00. The van der Waals surface area contributed by atoms with Gasteiger partial charge in [0.2, 0.25) is 0 Å². The van der Waals surface area contributed by atoms with E-state index in [-0.39, 0.29) is 17.7 Å². The van der Waals surface area contributed by atoms with Gasteiger partial charge in [-0.25, -0.2) is 4.79 Å². The fourth-order valence-corrected chi connectivity index (χ4v) is 12.6. The first kappa shape index (κ1) is 40.4. The quantitative estimate of drug-likeness (QED) is 0.0705. The van der Waals surface area contributed by atoms with Crippen molar-refractivity contribution in [1.29, 1.82) is 0 Å². The van der Waals surface area contributed by atoms with E-state index >= 15 is 0 Å². The molecule has 2 aliphatic rings. The van der Waals surface area contributed by atoms with E-state index in [0.717, 1.165) is 56.9 Å². The lowest BCUT2D eigenvalue weighted by Gasteiger charge is -2.43. The maximum atomic E-state index is 12.7. The molecule has 2 amide bonds.